The lowest BCUT2D eigenvalue weighted by Crippen LogP contribution is -2.44. The second-order valence-corrected chi connectivity index (χ2v) is 8.49. The molecule has 0 spiro atoms. The van der Waals surface area contributed by atoms with E-state index in [4.69, 9.17) is 9.47 Å². The van der Waals surface area contributed by atoms with Gasteiger partial charge in [-0.3, -0.25) is 9.59 Å². The quantitative estimate of drug-likeness (QED) is 0.337. The fraction of sp³-hybridized carbons (Fsp3) is 0.444. The van der Waals surface area contributed by atoms with Crippen LogP contribution in [0.4, 0.5) is 4.79 Å². The Bertz CT molecular complexity index is 867. The largest absolute Gasteiger partial charge is 0.465 e. The molecule has 2 atom stereocenters. The predicted octanol–water partition coefficient (Wildman–Crippen LogP) is 5.10. The lowest BCUT2D eigenvalue weighted by molar-refractivity contribution is -0.152. The van der Waals surface area contributed by atoms with Crippen LogP contribution in [-0.4, -0.2) is 30.5 Å². The molecule has 0 aromatic heterocycles. The van der Waals surface area contributed by atoms with Crippen LogP contribution in [0.15, 0.2) is 60.7 Å². The Morgan fingerprint density at radius 2 is 1.48 bits per heavy atom. The Morgan fingerprint density at radius 1 is 0.879 bits per heavy atom. The molecule has 0 saturated heterocycles. The molecule has 33 heavy (non-hydrogen) atoms. The maximum Gasteiger partial charge on any atom is 0.408 e. The standard InChI is InChI=1S/C27H35NO5/c1-4-5-16-32-26(30)23(20(2)3)18-25(29)24(17-21-12-8-6-9-13-21)28-27(31)33-19-22-14-10-7-11-15-22/h6-15,20,23-24H,4-5,16-19H2,1-3H3,(H,28,31)/t23?,24-/m0/s1. The zero-order chi connectivity index (χ0) is 24.1. The van der Waals surface area contributed by atoms with Crippen molar-refractivity contribution >= 4 is 17.8 Å². The van der Waals surface area contributed by atoms with Crippen molar-refractivity contribution in [2.75, 3.05) is 6.61 Å². The average molecular weight is 454 g/mol. The number of rotatable bonds is 13. The van der Waals surface area contributed by atoms with Gasteiger partial charge in [-0.25, -0.2) is 4.79 Å². The summed E-state index contributed by atoms with van der Waals surface area (Å²) in [5.41, 5.74) is 1.76. The number of ether oxygens (including phenoxy) is 2. The summed E-state index contributed by atoms with van der Waals surface area (Å²) in [6.07, 6.45) is 1.36. The van der Waals surface area contributed by atoms with E-state index in [1.165, 1.54) is 0 Å². The van der Waals surface area contributed by atoms with Crippen molar-refractivity contribution in [1.29, 1.82) is 0 Å². The summed E-state index contributed by atoms with van der Waals surface area (Å²) in [7, 11) is 0. The van der Waals surface area contributed by atoms with Crippen molar-refractivity contribution in [3.63, 3.8) is 0 Å². The minimum Gasteiger partial charge on any atom is -0.465 e. The van der Waals surface area contributed by atoms with Crippen molar-refractivity contribution in [1.82, 2.24) is 5.32 Å². The van der Waals surface area contributed by atoms with Crippen LogP contribution in [0.5, 0.6) is 0 Å². The molecule has 0 heterocycles. The molecule has 1 unspecified atom stereocenters. The number of esters is 1. The lowest BCUT2D eigenvalue weighted by Gasteiger charge is -2.23. The summed E-state index contributed by atoms with van der Waals surface area (Å²) in [5.74, 6) is -1.21. The van der Waals surface area contributed by atoms with E-state index in [0.717, 1.165) is 24.0 Å². The molecule has 0 aliphatic carbocycles. The molecule has 2 aromatic rings. The number of carbonyl (C=O) groups is 3. The second-order valence-electron chi connectivity index (χ2n) is 8.49. The Hall–Kier alpha value is -3.15. The highest BCUT2D eigenvalue weighted by molar-refractivity contribution is 5.90. The minimum absolute atomic E-state index is 0.000902. The highest BCUT2D eigenvalue weighted by Crippen LogP contribution is 2.20. The Balaban J connectivity index is 2.06. The number of alkyl carbamates (subject to hydrolysis) is 1. The monoisotopic (exact) mass is 453 g/mol. The van der Waals surface area contributed by atoms with Crippen molar-refractivity contribution in [2.24, 2.45) is 11.8 Å². The summed E-state index contributed by atoms with van der Waals surface area (Å²) in [4.78, 5) is 38.3. The number of nitrogens with one attached hydrogen (secondary N) is 1. The highest BCUT2D eigenvalue weighted by Gasteiger charge is 2.31. The molecule has 6 heteroatoms. The van der Waals surface area contributed by atoms with Crippen LogP contribution in [0.1, 0.15) is 51.2 Å². The molecule has 1 amide bonds. The number of amides is 1. The van der Waals surface area contributed by atoms with Crippen molar-refractivity contribution in [2.45, 2.75) is 59.1 Å². The molecule has 2 rings (SSSR count). The van der Waals surface area contributed by atoms with Gasteiger partial charge in [0, 0.05) is 6.42 Å². The van der Waals surface area contributed by atoms with Crippen LogP contribution in [-0.2, 0) is 32.1 Å². The summed E-state index contributed by atoms with van der Waals surface area (Å²) in [5, 5.41) is 2.71. The molecule has 6 nitrogen and oxygen atoms in total. The number of hydrogen-bond acceptors (Lipinski definition) is 5. The molecule has 0 saturated carbocycles. The molecule has 0 fully saturated rings. The molecule has 0 aliphatic rings. The lowest BCUT2D eigenvalue weighted by atomic mass is 9.87. The average Bonchev–Trinajstić information content (AvgIpc) is 2.82. The molecular weight excluding hydrogens is 418 g/mol. The Labute approximate surface area is 196 Å². The summed E-state index contributed by atoms with van der Waals surface area (Å²) >= 11 is 0. The van der Waals surface area contributed by atoms with Crippen LogP contribution in [0.2, 0.25) is 0 Å². The number of Topliss-reactive ketones (excluding diaryl/α,β-unsaturated/α-hetero) is 1. The summed E-state index contributed by atoms with van der Waals surface area (Å²) in [6.45, 7) is 6.27. The molecule has 2 aromatic carbocycles. The first-order valence-corrected chi connectivity index (χ1v) is 11.6. The van der Waals surface area contributed by atoms with Crippen molar-refractivity contribution < 1.29 is 23.9 Å². The zero-order valence-corrected chi connectivity index (χ0v) is 19.8. The Kier molecular flexibility index (Phi) is 11.1. The third-order valence-electron chi connectivity index (χ3n) is 5.45. The van der Waals surface area contributed by atoms with Gasteiger partial charge in [-0.15, -0.1) is 0 Å². The van der Waals surface area contributed by atoms with Gasteiger partial charge in [-0.1, -0.05) is 87.9 Å². The SMILES string of the molecule is CCCCOC(=O)C(CC(=O)[C@H](Cc1ccccc1)NC(=O)OCc1ccccc1)C(C)C. The van der Waals surface area contributed by atoms with Gasteiger partial charge in [0.1, 0.15) is 6.61 Å². The second kappa shape index (κ2) is 14.1. The van der Waals surface area contributed by atoms with Crippen LogP contribution in [0.3, 0.4) is 0 Å². The Morgan fingerprint density at radius 3 is 2.06 bits per heavy atom. The third-order valence-corrected chi connectivity index (χ3v) is 5.45. The van der Waals surface area contributed by atoms with E-state index >= 15 is 0 Å². The van der Waals surface area contributed by atoms with Crippen LogP contribution in [0.25, 0.3) is 0 Å². The van der Waals surface area contributed by atoms with Gasteiger partial charge in [0.05, 0.1) is 18.6 Å². The first-order valence-electron chi connectivity index (χ1n) is 11.6. The van der Waals surface area contributed by atoms with Gasteiger partial charge in [-0.2, -0.15) is 0 Å². The number of unbranched alkanes of at least 4 members (excludes halogenated alkanes) is 1. The van der Waals surface area contributed by atoms with Crippen LogP contribution < -0.4 is 5.32 Å². The van der Waals surface area contributed by atoms with Gasteiger partial charge in [0.25, 0.3) is 0 Å². The van der Waals surface area contributed by atoms with Gasteiger partial charge in [0.15, 0.2) is 5.78 Å². The van der Waals surface area contributed by atoms with Gasteiger partial charge in [0.2, 0.25) is 0 Å². The minimum atomic E-state index is -0.805. The van der Waals surface area contributed by atoms with Gasteiger partial charge in [-0.05, 0) is 29.9 Å². The zero-order valence-electron chi connectivity index (χ0n) is 19.8. The predicted molar refractivity (Wildman–Crippen MR) is 128 cm³/mol. The first kappa shape index (κ1) is 26.1. The normalized spacial score (nSPS) is 12.6. The van der Waals surface area contributed by atoms with E-state index in [2.05, 4.69) is 5.32 Å². The molecule has 0 bridgehead atoms. The molecule has 0 radical (unpaired) electrons. The van der Waals surface area contributed by atoms with E-state index in [0.29, 0.717) is 13.0 Å². The highest BCUT2D eigenvalue weighted by atomic mass is 16.5. The van der Waals surface area contributed by atoms with Gasteiger partial charge < -0.3 is 14.8 Å². The maximum atomic E-state index is 13.2. The number of carbonyl (C=O) groups excluding carboxylic acids is 3. The van der Waals surface area contributed by atoms with E-state index in [1.807, 2.05) is 81.4 Å². The maximum absolute atomic E-state index is 13.2. The van der Waals surface area contributed by atoms with Crippen molar-refractivity contribution in [3.8, 4) is 0 Å². The molecule has 0 aliphatic heterocycles. The van der Waals surface area contributed by atoms with Crippen LogP contribution >= 0.6 is 0 Å². The van der Waals surface area contributed by atoms with Crippen LogP contribution in [0, 0.1) is 11.8 Å². The van der Waals surface area contributed by atoms with E-state index < -0.39 is 18.1 Å². The number of benzene rings is 2. The molecule has 1 N–H and O–H groups in total. The topological polar surface area (TPSA) is 81.7 Å². The fourth-order valence-electron chi connectivity index (χ4n) is 3.38. The first-order chi connectivity index (χ1) is 15.9. The third kappa shape index (κ3) is 9.48. The molecule has 178 valence electrons. The smallest absolute Gasteiger partial charge is 0.408 e. The summed E-state index contributed by atoms with van der Waals surface area (Å²) < 4.78 is 10.7. The molecular formula is C27H35NO5. The fourth-order valence-corrected chi connectivity index (χ4v) is 3.38. The summed E-state index contributed by atoms with van der Waals surface area (Å²) in [6, 6.07) is 18.0. The van der Waals surface area contributed by atoms with E-state index in [-0.39, 0.29) is 30.7 Å². The van der Waals surface area contributed by atoms with E-state index in [1.54, 1.807) is 0 Å². The number of hydrogen-bond donors (Lipinski definition) is 1. The number of ketones is 1. The van der Waals surface area contributed by atoms with E-state index in [9.17, 15) is 14.4 Å². The van der Waals surface area contributed by atoms with Crippen molar-refractivity contribution in [3.05, 3.63) is 71.8 Å². The van der Waals surface area contributed by atoms with Gasteiger partial charge >= 0.3 is 12.1 Å².